The Balaban J connectivity index is 0.523. The minimum absolute atomic E-state index is 0.000904. The second kappa shape index (κ2) is 45.2. The van der Waals surface area contributed by atoms with Gasteiger partial charge in [-0.25, -0.2) is 9.59 Å². The van der Waals surface area contributed by atoms with Crippen LogP contribution < -0.4 is 20.4 Å². The monoisotopic (exact) mass is 1940 g/mol. The van der Waals surface area contributed by atoms with Gasteiger partial charge >= 0.3 is 24.1 Å². The molecule has 766 valence electrons. The normalized spacial score (nSPS) is 43.3. The van der Waals surface area contributed by atoms with Gasteiger partial charge in [0.05, 0.1) is 98.7 Å². The number of hydrogen-bond donors (Lipinski definition) is 6. The molecule has 8 fully saturated rings. The highest BCUT2D eigenvalue weighted by Gasteiger charge is 2.63. The highest BCUT2D eigenvalue weighted by molar-refractivity contribution is 5.80. The van der Waals surface area contributed by atoms with Crippen molar-refractivity contribution in [3.8, 4) is 11.5 Å². The second-order valence-electron chi connectivity index (χ2n) is 40.6. The van der Waals surface area contributed by atoms with Crippen LogP contribution in [-0.4, -0.2) is 281 Å². The highest BCUT2D eigenvalue weighted by Crippen LogP contribution is 2.51. The summed E-state index contributed by atoms with van der Waals surface area (Å²) in [4.78, 5) is 68.1. The predicted octanol–water partition coefficient (Wildman–Crippen LogP) is 12.5. The minimum Gasteiger partial charge on any atom is -0.462 e. The van der Waals surface area contributed by atoms with Crippen molar-refractivity contribution in [2.24, 2.45) is 47.3 Å². The summed E-state index contributed by atoms with van der Waals surface area (Å²) in [5, 5.41) is 48.3. The van der Waals surface area contributed by atoms with Crippen LogP contribution in [0.4, 0.5) is 9.59 Å². The van der Waals surface area contributed by atoms with Crippen LogP contribution in [-0.2, 0) is 114 Å². The lowest BCUT2D eigenvalue weighted by molar-refractivity contribution is -0.323. The summed E-state index contributed by atoms with van der Waals surface area (Å²) in [6.07, 6.45) is 9.99. The Hall–Kier alpha value is -6.86. The number of fused-ring (bicyclic) bond motifs is 4. The van der Waals surface area contributed by atoms with Gasteiger partial charge in [-0.2, -0.15) is 11.0 Å². The number of hydroxylamine groups is 2. The third-order valence-corrected chi connectivity index (χ3v) is 30.7. The predicted molar refractivity (Wildman–Crippen MR) is 497 cm³/mol. The van der Waals surface area contributed by atoms with Crippen LogP contribution >= 0.6 is 0 Å². The zero-order valence-electron chi connectivity index (χ0n) is 83.3. The lowest BCUT2D eigenvalue weighted by Gasteiger charge is -2.48. The van der Waals surface area contributed by atoms with Crippen molar-refractivity contribution >= 4 is 24.1 Å². The molecule has 1 aromatic carbocycles. The van der Waals surface area contributed by atoms with Gasteiger partial charge in [0.2, 0.25) is 0 Å². The molecular formula is C104H148N2O32. The molecule has 15 rings (SSSR count). The van der Waals surface area contributed by atoms with E-state index < -0.39 is 218 Å². The van der Waals surface area contributed by atoms with E-state index in [0.717, 1.165) is 24.0 Å². The van der Waals surface area contributed by atoms with Crippen LogP contribution in [0.15, 0.2) is 143 Å². The van der Waals surface area contributed by atoms with Gasteiger partial charge in [0.15, 0.2) is 36.7 Å². The molecule has 3 unspecified atom stereocenters. The number of amides is 2. The fraction of sp³-hybridized carbons (Fsp3) is 0.712. The fourth-order valence-electron chi connectivity index (χ4n) is 22.5. The summed E-state index contributed by atoms with van der Waals surface area (Å²) < 4.78 is 142. The Kier molecular flexibility index (Phi) is 34.5. The van der Waals surface area contributed by atoms with E-state index >= 15 is 0 Å². The Morgan fingerprint density at radius 3 is 1.20 bits per heavy atom. The number of hydrogen-bond acceptors (Lipinski definition) is 32. The number of allylic oxidation sites excluding steroid dienone is 4. The zero-order chi connectivity index (χ0) is 98.7. The molecule has 2 aliphatic carbocycles. The van der Waals surface area contributed by atoms with E-state index in [-0.39, 0.29) is 111 Å². The van der Waals surface area contributed by atoms with Crippen molar-refractivity contribution in [2.75, 3.05) is 41.7 Å². The van der Waals surface area contributed by atoms with Crippen molar-refractivity contribution in [3.05, 3.63) is 143 Å². The average Bonchev–Trinajstić information content (AvgIpc) is 1.70. The van der Waals surface area contributed by atoms with Crippen LogP contribution in [0.1, 0.15) is 188 Å². The third-order valence-electron chi connectivity index (χ3n) is 30.7. The molecule has 12 heterocycles. The van der Waals surface area contributed by atoms with Gasteiger partial charge in [0, 0.05) is 110 Å². The van der Waals surface area contributed by atoms with Crippen molar-refractivity contribution < 1.29 is 153 Å². The number of carbonyl (C=O) groups is 4. The van der Waals surface area contributed by atoms with Crippen molar-refractivity contribution in [2.45, 2.75) is 382 Å². The van der Waals surface area contributed by atoms with Gasteiger partial charge in [-0.15, -0.1) is 0 Å². The van der Waals surface area contributed by atoms with E-state index in [1.165, 1.54) is 38.5 Å². The number of nitrogens with one attached hydrogen (secondary N) is 2. The second-order valence-corrected chi connectivity index (χ2v) is 40.6. The Morgan fingerprint density at radius 1 is 0.471 bits per heavy atom. The number of aliphatic hydroxyl groups excluding tert-OH is 2. The molecule has 40 atom stereocenters. The van der Waals surface area contributed by atoms with Gasteiger partial charge in [0.1, 0.15) is 95.6 Å². The lowest BCUT2D eigenvalue weighted by atomic mass is 9.71. The number of rotatable bonds is 22. The van der Waals surface area contributed by atoms with Crippen LogP contribution in [0, 0.1) is 47.3 Å². The van der Waals surface area contributed by atoms with E-state index in [9.17, 15) is 39.6 Å². The summed E-state index contributed by atoms with van der Waals surface area (Å²) in [6, 6.07) is 5.82. The molecule has 6 N–H and O–H groups in total. The largest absolute Gasteiger partial charge is 0.462 e. The quantitative estimate of drug-likeness (QED) is 0.0357. The first kappa shape index (κ1) is 105. The van der Waals surface area contributed by atoms with E-state index in [1.807, 2.05) is 78.0 Å². The van der Waals surface area contributed by atoms with Gasteiger partial charge in [-0.05, 0) is 138 Å². The minimum atomic E-state index is -1.91. The summed E-state index contributed by atoms with van der Waals surface area (Å²) >= 11 is 0. The summed E-state index contributed by atoms with van der Waals surface area (Å²) in [5.74, 6) is -5.89. The topological polar surface area (TPSA) is 395 Å². The molecule has 0 aromatic heterocycles. The number of benzene rings is 1. The van der Waals surface area contributed by atoms with E-state index in [2.05, 4.69) is 76.8 Å². The molecule has 14 aliphatic rings. The zero-order valence-corrected chi connectivity index (χ0v) is 83.3. The number of ether oxygens (including phenoxy) is 22. The number of methoxy groups -OCH3 is 4. The van der Waals surface area contributed by atoms with Crippen molar-refractivity contribution in [1.29, 1.82) is 0 Å². The maximum Gasteiger partial charge on any atom is 0.436 e. The Labute approximate surface area is 810 Å². The molecule has 0 radical (unpaired) electrons. The molecule has 138 heavy (non-hydrogen) atoms. The summed E-state index contributed by atoms with van der Waals surface area (Å²) in [5.41, 5.74) is 4.54. The maximum atomic E-state index is 14.6. The SMILES string of the molecule is CC[C@H](C)[C@H]1O[C@]2(C=C[C@@H]1C)CC1C[C@@H](CC=C(C)[C@@H](O[C@H]3C[C@H](OC)[C@@H](O[C@H]4C[C@H](OC)[C@@H](ONC(=O)Oc5cccc(OC(=O)NO[C@H]6[C@H](C)O[C@@H](OC7[C@H](C)O[C@@H](OC8C(C)=CC[C@@H]9C[C@@H](C[C@]%10(C=C[C@H](C)[C@@H]([C@@H](C)CC)O%10)O9)OC(=O)[C@@H]9C=C(C)[C@@H](O)[C@H]%10OCC(=CC=C[C@@H]8C)[C@]%109O)C[C@@H]7OC)C[C@@H]6OC)c5)[C@H](C)O4)[C@H](C)O3)[C@@H](C)C=CC=C3CO[C@@H]4[C@H](O)C(C)=C[C@@H](C(=O)O1)[C@]34O)O2. The summed E-state index contributed by atoms with van der Waals surface area (Å²) in [7, 11) is 6.25. The van der Waals surface area contributed by atoms with Gasteiger partial charge in [-0.3, -0.25) is 19.3 Å². The van der Waals surface area contributed by atoms with Crippen LogP contribution in [0.2, 0.25) is 0 Å². The Bertz CT molecular complexity index is 4420. The number of carbonyl (C=O) groups excluding carboxylic acids is 4. The molecule has 34 heteroatoms. The smallest absolute Gasteiger partial charge is 0.436 e. The molecule has 4 bridgehead atoms. The summed E-state index contributed by atoms with van der Waals surface area (Å²) in [6.45, 7) is 31.6. The van der Waals surface area contributed by atoms with Gasteiger partial charge < -0.3 is 125 Å². The number of esters is 2. The van der Waals surface area contributed by atoms with Crippen molar-refractivity contribution in [1.82, 2.24) is 11.0 Å². The van der Waals surface area contributed by atoms with Crippen LogP contribution in [0.3, 0.4) is 0 Å². The molecule has 8 saturated heterocycles. The number of aliphatic hydroxyl groups is 4. The lowest BCUT2D eigenvalue weighted by Crippen LogP contribution is -2.58. The molecule has 2 spiro atoms. The van der Waals surface area contributed by atoms with E-state index in [1.54, 1.807) is 66.2 Å². The standard InChI is InChI=1S/C104H148N2O32/c1-21-53(3)89-59(9)36-38-101(135-89)49-73-43-71(133-101)34-32-57(7)87(55(5)26-23-28-67-51-119-95-85(107)61(11)40-75(97(109)125-73)103(67,95)113)129-81-45-77(115-17)91(63(13)121-81)131-83-47-79(117-19)93(65(15)123-83)137-105-99(111)127-69-30-25-31-70(42-69)128-100(112)106-138-94-66(16)124-84(48-80(94)118-20)132-92-64(14)122-82(46-78(92)116-18)130-88-56(6)27-24-29-68-52-120-96-86(108)62(12)41-76(104(68,96)114)98(110)126-74-44-72(35-33-58(88)8)134-102(50-74)39-37-60(10)90(136-102)54(4)22-2/h23-33,36-42,53-56,59-60,63-66,71-96,107-108,113-114H,21-22,34-35,43-52H2,1-20H3,(H,105,111)(H,106,112)/t53-,54-,55-,56-,59-,60-,63-,64-,65-,66-,71+,72+,73-,74?,75-,76-,77-,78-,79-,80-,81-,82-,83-,84-,85+,86+,87?,88-,89+,90+,91?,92-,93-,94-,95+,96+,101+,102+,103+,104+/m0/s1. The first-order valence-electron chi connectivity index (χ1n) is 49.6. The third kappa shape index (κ3) is 23.1. The molecule has 1 aromatic rings. The van der Waals surface area contributed by atoms with Crippen molar-refractivity contribution in [3.63, 3.8) is 0 Å². The van der Waals surface area contributed by atoms with Crippen LogP contribution in [0.5, 0.6) is 11.5 Å². The first-order valence-corrected chi connectivity index (χ1v) is 49.6. The van der Waals surface area contributed by atoms with Crippen LogP contribution in [0.25, 0.3) is 0 Å². The molecule has 0 saturated carbocycles. The Morgan fingerprint density at radius 2 is 0.833 bits per heavy atom. The van der Waals surface area contributed by atoms with E-state index in [4.69, 9.17) is 114 Å². The van der Waals surface area contributed by atoms with E-state index in [0.29, 0.717) is 48.0 Å². The van der Waals surface area contributed by atoms with Gasteiger partial charge in [-0.1, -0.05) is 147 Å². The molecule has 34 nitrogen and oxygen atoms in total. The van der Waals surface area contributed by atoms with Gasteiger partial charge in [0.25, 0.3) is 0 Å². The average molecular weight is 1940 g/mol. The first-order chi connectivity index (χ1) is 65.9. The molecular weight excluding hydrogens is 1790 g/mol. The highest BCUT2D eigenvalue weighted by atomic mass is 16.8. The fourth-order valence-corrected chi connectivity index (χ4v) is 22.5. The molecule has 12 aliphatic heterocycles. The maximum absolute atomic E-state index is 14.6. The molecule has 2 amide bonds.